The highest BCUT2D eigenvalue weighted by molar-refractivity contribution is 5.78. The van der Waals surface area contributed by atoms with Gasteiger partial charge in [0.15, 0.2) is 0 Å². The predicted molar refractivity (Wildman–Crippen MR) is 79.3 cm³/mol. The highest BCUT2D eigenvalue weighted by Crippen LogP contribution is 2.14. The fraction of sp³-hybridized carbons (Fsp3) is 0.600. The summed E-state index contributed by atoms with van der Waals surface area (Å²) >= 11 is 0. The highest BCUT2D eigenvalue weighted by atomic mass is 16.5. The fourth-order valence-corrected chi connectivity index (χ4v) is 1.98. The molecule has 0 aliphatic heterocycles. The van der Waals surface area contributed by atoms with Gasteiger partial charge >= 0.3 is 0 Å². The first-order chi connectivity index (χ1) is 9.54. The lowest BCUT2D eigenvalue weighted by atomic mass is 10.0. The number of ether oxygens (including phenoxy) is 1. The Hall–Kier alpha value is -1.62. The average Bonchev–Trinajstić information content (AvgIpc) is 2.44. The van der Waals surface area contributed by atoms with E-state index < -0.39 is 0 Å². The standard InChI is InChI=1S/C15H25N3O2/c1-11(6-4-7-12(2)16)14(19)18-10-13-8-5-9-17-15(13)20-3/h5,8-9,11-12H,4,6-7,10,16H2,1-3H3,(H,18,19). The molecule has 1 rings (SSSR count). The quantitative estimate of drug-likeness (QED) is 0.761. The second-order valence-electron chi connectivity index (χ2n) is 5.20. The minimum atomic E-state index is -0.00332. The Morgan fingerprint density at radius 3 is 2.85 bits per heavy atom. The van der Waals surface area contributed by atoms with Gasteiger partial charge in [-0.1, -0.05) is 19.4 Å². The molecule has 5 nitrogen and oxygen atoms in total. The summed E-state index contributed by atoms with van der Waals surface area (Å²) in [6.07, 6.45) is 4.45. The number of carbonyl (C=O) groups excluding carboxylic acids is 1. The molecule has 3 N–H and O–H groups in total. The first kappa shape index (κ1) is 16.4. The molecule has 1 heterocycles. The van der Waals surface area contributed by atoms with Crippen LogP contribution in [0.3, 0.4) is 0 Å². The number of nitrogens with one attached hydrogen (secondary N) is 1. The van der Waals surface area contributed by atoms with Crippen molar-refractivity contribution in [2.75, 3.05) is 7.11 Å². The lowest BCUT2D eigenvalue weighted by Crippen LogP contribution is -2.29. The summed E-state index contributed by atoms with van der Waals surface area (Å²) in [5.41, 5.74) is 6.58. The van der Waals surface area contributed by atoms with E-state index in [0.717, 1.165) is 24.8 Å². The van der Waals surface area contributed by atoms with E-state index in [-0.39, 0.29) is 17.9 Å². The molecule has 0 bridgehead atoms. The number of carbonyl (C=O) groups is 1. The number of hydrogen-bond acceptors (Lipinski definition) is 4. The van der Waals surface area contributed by atoms with E-state index in [4.69, 9.17) is 10.5 Å². The molecule has 0 aromatic carbocycles. The molecular weight excluding hydrogens is 254 g/mol. The third-order valence-corrected chi connectivity index (χ3v) is 3.24. The third kappa shape index (κ3) is 5.57. The van der Waals surface area contributed by atoms with Crippen LogP contribution in [0.4, 0.5) is 0 Å². The van der Waals surface area contributed by atoms with Gasteiger partial charge in [-0.2, -0.15) is 0 Å². The Bertz CT molecular complexity index is 421. The van der Waals surface area contributed by atoms with Gasteiger partial charge in [-0.15, -0.1) is 0 Å². The van der Waals surface area contributed by atoms with E-state index in [0.29, 0.717) is 12.4 Å². The summed E-state index contributed by atoms with van der Waals surface area (Å²) < 4.78 is 5.15. The molecule has 0 fully saturated rings. The smallest absolute Gasteiger partial charge is 0.223 e. The van der Waals surface area contributed by atoms with Crippen LogP contribution in [0, 0.1) is 5.92 Å². The Morgan fingerprint density at radius 1 is 1.45 bits per heavy atom. The van der Waals surface area contributed by atoms with Gasteiger partial charge in [0.25, 0.3) is 0 Å². The number of nitrogens with zero attached hydrogens (tertiary/aromatic N) is 1. The number of hydrogen-bond donors (Lipinski definition) is 2. The summed E-state index contributed by atoms with van der Waals surface area (Å²) in [4.78, 5) is 16.1. The highest BCUT2D eigenvalue weighted by Gasteiger charge is 2.13. The van der Waals surface area contributed by atoms with Crippen molar-refractivity contribution in [2.24, 2.45) is 11.7 Å². The number of pyridine rings is 1. The van der Waals surface area contributed by atoms with Crippen LogP contribution in [0.5, 0.6) is 5.88 Å². The van der Waals surface area contributed by atoms with Gasteiger partial charge in [-0.25, -0.2) is 4.98 Å². The maximum Gasteiger partial charge on any atom is 0.223 e. The molecule has 0 radical (unpaired) electrons. The lowest BCUT2D eigenvalue weighted by molar-refractivity contribution is -0.124. The lowest BCUT2D eigenvalue weighted by Gasteiger charge is -2.13. The van der Waals surface area contributed by atoms with Crippen LogP contribution < -0.4 is 15.8 Å². The van der Waals surface area contributed by atoms with Gasteiger partial charge in [0.1, 0.15) is 0 Å². The minimum absolute atomic E-state index is 0.00332. The first-order valence-corrected chi connectivity index (χ1v) is 7.05. The number of methoxy groups -OCH3 is 1. The number of aromatic nitrogens is 1. The molecule has 0 saturated heterocycles. The monoisotopic (exact) mass is 279 g/mol. The zero-order chi connectivity index (χ0) is 15.0. The Kier molecular flexibility index (Phi) is 7.01. The van der Waals surface area contributed by atoms with Gasteiger partial charge in [0.05, 0.1) is 7.11 Å². The van der Waals surface area contributed by atoms with E-state index in [1.54, 1.807) is 13.3 Å². The van der Waals surface area contributed by atoms with Crippen molar-refractivity contribution in [3.8, 4) is 5.88 Å². The number of nitrogens with two attached hydrogens (primary N) is 1. The third-order valence-electron chi connectivity index (χ3n) is 3.24. The zero-order valence-corrected chi connectivity index (χ0v) is 12.6. The van der Waals surface area contributed by atoms with Crippen molar-refractivity contribution in [2.45, 2.75) is 45.7 Å². The molecule has 0 saturated carbocycles. The van der Waals surface area contributed by atoms with E-state index in [1.807, 2.05) is 26.0 Å². The molecule has 20 heavy (non-hydrogen) atoms. The van der Waals surface area contributed by atoms with Crippen LogP contribution in [0.1, 0.15) is 38.7 Å². The van der Waals surface area contributed by atoms with Crippen molar-refractivity contribution < 1.29 is 9.53 Å². The molecule has 0 aliphatic rings. The fourth-order valence-electron chi connectivity index (χ4n) is 1.98. The van der Waals surface area contributed by atoms with Crippen molar-refractivity contribution >= 4 is 5.91 Å². The van der Waals surface area contributed by atoms with E-state index >= 15 is 0 Å². The maximum absolute atomic E-state index is 12.0. The van der Waals surface area contributed by atoms with Crippen LogP contribution in [0.2, 0.25) is 0 Å². The van der Waals surface area contributed by atoms with E-state index in [9.17, 15) is 4.79 Å². The average molecular weight is 279 g/mol. The van der Waals surface area contributed by atoms with Crippen molar-refractivity contribution in [1.29, 1.82) is 0 Å². The zero-order valence-electron chi connectivity index (χ0n) is 12.6. The van der Waals surface area contributed by atoms with Gasteiger partial charge in [0.2, 0.25) is 11.8 Å². The van der Waals surface area contributed by atoms with Crippen LogP contribution in [-0.2, 0) is 11.3 Å². The van der Waals surface area contributed by atoms with Crippen LogP contribution >= 0.6 is 0 Å². The topological polar surface area (TPSA) is 77.2 Å². The van der Waals surface area contributed by atoms with Crippen LogP contribution in [-0.4, -0.2) is 24.0 Å². The summed E-state index contributed by atoms with van der Waals surface area (Å²) in [6.45, 7) is 4.36. The summed E-state index contributed by atoms with van der Waals surface area (Å²) in [7, 11) is 1.57. The van der Waals surface area contributed by atoms with Crippen molar-refractivity contribution in [3.05, 3.63) is 23.9 Å². The molecule has 2 unspecified atom stereocenters. The van der Waals surface area contributed by atoms with Crippen molar-refractivity contribution in [1.82, 2.24) is 10.3 Å². The first-order valence-electron chi connectivity index (χ1n) is 7.05. The van der Waals surface area contributed by atoms with Crippen LogP contribution in [0.25, 0.3) is 0 Å². The largest absolute Gasteiger partial charge is 0.481 e. The molecule has 5 heteroatoms. The molecule has 1 aromatic rings. The summed E-state index contributed by atoms with van der Waals surface area (Å²) in [5.74, 6) is 0.606. The molecule has 112 valence electrons. The maximum atomic E-state index is 12.0. The Balaban J connectivity index is 2.38. The second kappa shape index (κ2) is 8.53. The van der Waals surface area contributed by atoms with Crippen LogP contribution in [0.15, 0.2) is 18.3 Å². The van der Waals surface area contributed by atoms with Crippen molar-refractivity contribution in [3.63, 3.8) is 0 Å². The van der Waals surface area contributed by atoms with Gasteiger partial charge in [0, 0.05) is 30.3 Å². The number of amides is 1. The predicted octanol–water partition coefficient (Wildman–Crippen LogP) is 1.86. The minimum Gasteiger partial charge on any atom is -0.481 e. The van der Waals surface area contributed by atoms with Gasteiger partial charge < -0.3 is 15.8 Å². The Labute approximate surface area is 120 Å². The SMILES string of the molecule is COc1ncccc1CNC(=O)C(C)CCCC(C)N. The molecule has 2 atom stereocenters. The summed E-state index contributed by atoms with van der Waals surface area (Å²) in [5, 5.41) is 2.92. The number of rotatable bonds is 8. The normalized spacial score (nSPS) is 13.6. The second-order valence-corrected chi connectivity index (χ2v) is 5.20. The summed E-state index contributed by atoms with van der Waals surface area (Å²) in [6, 6.07) is 3.92. The Morgan fingerprint density at radius 2 is 2.20 bits per heavy atom. The molecule has 1 amide bonds. The van der Waals surface area contributed by atoms with Gasteiger partial charge in [-0.3, -0.25) is 4.79 Å². The molecule has 0 spiro atoms. The van der Waals surface area contributed by atoms with E-state index in [1.165, 1.54) is 0 Å². The van der Waals surface area contributed by atoms with Gasteiger partial charge in [-0.05, 0) is 25.8 Å². The molecular formula is C15H25N3O2. The van der Waals surface area contributed by atoms with E-state index in [2.05, 4.69) is 10.3 Å². The molecule has 0 aliphatic carbocycles. The molecule has 1 aromatic heterocycles.